The number of para-hydroxylation sites is 1. The van der Waals surface area contributed by atoms with Crippen molar-refractivity contribution in [1.82, 2.24) is 5.32 Å². The highest BCUT2D eigenvalue weighted by atomic mass is 32.2. The molecule has 196 valence electrons. The van der Waals surface area contributed by atoms with Crippen molar-refractivity contribution in [2.75, 3.05) is 18.5 Å². The summed E-state index contributed by atoms with van der Waals surface area (Å²) in [5, 5.41) is 3.00. The lowest BCUT2D eigenvalue weighted by Crippen LogP contribution is -2.34. The van der Waals surface area contributed by atoms with Crippen molar-refractivity contribution < 1.29 is 22.7 Å². The SMILES string of the molecule is COc1ccc([C@@H](C)NC(=O)c2ccccc2N(Cc2ccccc2)S(=O)(=O)c2ccc(OC)cc2)cc1. The molecule has 1 atom stereocenters. The molecule has 0 aliphatic heterocycles. The van der Waals surface area contributed by atoms with Crippen molar-refractivity contribution in [3.63, 3.8) is 0 Å². The van der Waals surface area contributed by atoms with Crippen LogP contribution in [-0.4, -0.2) is 28.5 Å². The minimum Gasteiger partial charge on any atom is -0.497 e. The smallest absolute Gasteiger partial charge is 0.264 e. The fourth-order valence-corrected chi connectivity index (χ4v) is 5.53. The van der Waals surface area contributed by atoms with Gasteiger partial charge in [0.25, 0.3) is 15.9 Å². The molecular weight excluding hydrogens is 500 g/mol. The lowest BCUT2D eigenvalue weighted by molar-refractivity contribution is 0.0940. The fourth-order valence-electron chi connectivity index (χ4n) is 4.06. The molecular formula is C30H30N2O5S. The number of rotatable bonds is 10. The van der Waals surface area contributed by atoms with Crippen molar-refractivity contribution in [2.24, 2.45) is 0 Å². The van der Waals surface area contributed by atoms with Crippen LogP contribution in [0.4, 0.5) is 5.69 Å². The summed E-state index contributed by atoms with van der Waals surface area (Å²) in [5.74, 6) is 0.885. The summed E-state index contributed by atoms with van der Waals surface area (Å²) in [7, 11) is -0.921. The third kappa shape index (κ3) is 5.98. The summed E-state index contributed by atoms with van der Waals surface area (Å²) in [4.78, 5) is 13.6. The highest BCUT2D eigenvalue weighted by Gasteiger charge is 2.29. The Morgan fingerprint density at radius 1 is 0.789 bits per heavy atom. The Bertz CT molecular complexity index is 1470. The van der Waals surface area contributed by atoms with Gasteiger partial charge in [-0.15, -0.1) is 0 Å². The summed E-state index contributed by atoms with van der Waals surface area (Å²) in [5.41, 5.74) is 2.21. The predicted octanol–water partition coefficient (Wildman–Crippen LogP) is 5.59. The van der Waals surface area contributed by atoms with E-state index in [-0.39, 0.29) is 34.6 Å². The third-order valence-corrected chi connectivity index (χ3v) is 7.97. The van der Waals surface area contributed by atoms with E-state index in [1.807, 2.05) is 61.5 Å². The number of ether oxygens (including phenoxy) is 2. The molecule has 4 aromatic rings. The molecule has 0 bridgehead atoms. The number of sulfonamides is 1. The van der Waals surface area contributed by atoms with Gasteiger partial charge in [0.15, 0.2) is 0 Å². The second-order valence-corrected chi connectivity index (χ2v) is 10.5. The molecule has 0 aromatic heterocycles. The first kappa shape index (κ1) is 26.8. The van der Waals surface area contributed by atoms with Gasteiger partial charge in [0.1, 0.15) is 11.5 Å². The van der Waals surface area contributed by atoms with Crippen LogP contribution in [0.3, 0.4) is 0 Å². The number of benzene rings is 4. The first-order valence-electron chi connectivity index (χ1n) is 12.1. The van der Waals surface area contributed by atoms with Crippen LogP contribution in [0.5, 0.6) is 11.5 Å². The van der Waals surface area contributed by atoms with Gasteiger partial charge < -0.3 is 14.8 Å². The number of nitrogens with zero attached hydrogens (tertiary/aromatic N) is 1. The normalized spacial score (nSPS) is 11.9. The molecule has 38 heavy (non-hydrogen) atoms. The van der Waals surface area contributed by atoms with Gasteiger partial charge in [-0.05, 0) is 66.6 Å². The van der Waals surface area contributed by atoms with Gasteiger partial charge in [-0.1, -0.05) is 54.6 Å². The molecule has 0 unspecified atom stereocenters. The van der Waals surface area contributed by atoms with Gasteiger partial charge in [-0.25, -0.2) is 8.42 Å². The summed E-state index contributed by atoms with van der Waals surface area (Å²) in [6.07, 6.45) is 0. The van der Waals surface area contributed by atoms with Crippen LogP contribution in [0.1, 0.15) is 34.5 Å². The molecule has 4 aromatic carbocycles. The minimum absolute atomic E-state index is 0.0491. The average Bonchev–Trinajstić information content (AvgIpc) is 2.96. The standard InChI is InChI=1S/C30H30N2O5S/c1-22(24-13-15-25(36-2)16-14-24)31-30(33)28-11-7-8-12-29(28)32(21-23-9-5-4-6-10-23)38(34,35)27-19-17-26(37-3)18-20-27/h4-20,22H,21H2,1-3H3,(H,31,33)/t22-/m1/s1. The van der Waals surface area contributed by atoms with E-state index in [4.69, 9.17) is 9.47 Å². The Kier molecular flexibility index (Phi) is 8.33. The van der Waals surface area contributed by atoms with E-state index in [0.717, 1.165) is 16.9 Å². The number of carbonyl (C=O) groups excluding carboxylic acids is 1. The quantitative estimate of drug-likeness (QED) is 0.289. The van der Waals surface area contributed by atoms with Gasteiger partial charge >= 0.3 is 0 Å². The van der Waals surface area contributed by atoms with Gasteiger partial charge in [-0.3, -0.25) is 9.10 Å². The van der Waals surface area contributed by atoms with Crippen molar-refractivity contribution in [3.05, 3.63) is 120 Å². The molecule has 7 nitrogen and oxygen atoms in total. The van der Waals surface area contributed by atoms with Crippen LogP contribution in [0, 0.1) is 0 Å². The minimum atomic E-state index is -4.04. The van der Waals surface area contributed by atoms with Crippen LogP contribution in [0.15, 0.2) is 108 Å². The molecule has 0 fully saturated rings. The first-order valence-corrected chi connectivity index (χ1v) is 13.5. The number of nitrogens with one attached hydrogen (secondary N) is 1. The number of hydrogen-bond acceptors (Lipinski definition) is 5. The number of carbonyl (C=O) groups is 1. The van der Waals surface area contributed by atoms with Gasteiger partial charge in [0, 0.05) is 0 Å². The largest absolute Gasteiger partial charge is 0.497 e. The zero-order valence-electron chi connectivity index (χ0n) is 21.5. The highest BCUT2D eigenvalue weighted by molar-refractivity contribution is 7.92. The lowest BCUT2D eigenvalue weighted by Gasteiger charge is -2.27. The molecule has 1 N–H and O–H groups in total. The van der Waals surface area contributed by atoms with E-state index in [1.165, 1.54) is 23.5 Å². The molecule has 0 aliphatic rings. The summed E-state index contributed by atoms with van der Waals surface area (Å²) in [6, 6.07) is 29.3. The number of hydrogen-bond donors (Lipinski definition) is 1. The predicted molar refractivity (Wildman–Crippen MR) is 148 cm³/mol. The van der Waals surface area contributed by atoms with Gasteiger partial charge in [0.05, 0.1) is 43.0 Å². The van der Waals surface area contributed by atoms with E-state index in [9.17, 15) is 13.2 Å². The van der Waals surface area contributed by atoms with E-state index >= 15 is 0 Å². The summed E-state index contributed by atoms with van der Waals surface area (Å²) < 4.78 is 39.6. The van der Waals surface area contributed by atoms with Crippen molar-refractivity contribution in [3.8, 4) is 11.5 Å². The molecule has 0 heterocycles. The fraction of sp³-hybridized carbons (Fsp3) is 0.167. The van der Waals surface area contributed by atoms with Crippen molar-refractivity contribution in [2.45, 2.75) is 24.4 Å². The monoisotopic (exact) mass is 530 g/mol. The second-order valence-electron chi connectivity index (χ2n) is 8.66. The number of methoxy groups -OCH3 is 2. The molecule has 0 aliphatic carbocycles. The molecule has 0 spiro atoms. The zero-order chi connectivity index (χ0) is 27.1. The number of anilines is 1. The molecule has 0 saturated heterocycles. The molecule has 8 heteroatoms. The van der Waals surface area contributed by atoms with Crippen molar-refractivity contribution >= 4 is 21.6 Å². The summed E-state index contributed by atoms with van der Waals surface area (Å²) >= 11 is 0. The average molecular weight is 531 g/mol. The second kappa shape index (κ2) is 11.8. The van der Waals surface area contributed by atoms with Crippen LogP contribution in [0.25, 0.3) is 0 Å². The molecule has 1 amide bonds. The Morgan fingerprint density at radius 3 is 1.95 bits per heavy atom. The van der Waals surface area contributed by atoms with E-state index in [1.54, 1.807) is 43.5 Å². The maximum absolute atomic E-state index is 14.0. The van der Waals surface area contributed by atoms with Crippen LogP contribution >= 0.6 is 0 Å². The topological polar surface area (TPSA) is 84.9 Å². The van der Waals surface area contributed by atoms with Gasteiger partial charge in [-0.2, -0.15) is 0 Å². The maximum atomic E-state index is 14.0. The van der Waals surface area contributed by atoms with Crippen LogP contribution in [-0.2, 0) is 16.6 Å². The van der Waals surface area contributed by atoms with E-state index in [2.05, 4.69) is 5.32 Å². The Labute approximate surface area is 223 Å². The van der Waals surface area contributed by atoms with Crippen molar-refractivity contribution in [1.29, 1.82) is 0 Å². The van der Waals surface area contributed by atoms with Gasteiger partial charge in [0.2, 0.25) is 0 Å². The van der Waals surface area contributed by atoms with Crippen LogP contribution < -0.4 is 19.1 Å². The third-order valence-electron chi connectivity index (χ3n) is 6.20. The Balaban J connectivity index is 1.71. The zero-order valence-corrected chi connectivity index (χ0v) is 22.3. The Morgan fingerprint density at radius 2 is 1.34 bits per heavy atom. The molecule has 0 saturated carbocycles. The molecule has 4 rings (SSSR count). The van der Waals surface area contributed by atoms with E-state index < -0.39 is 10.0 Å². The maximum Gasteiger partial charge on any atom is 0.264 e. The lowest BCUT2D eigenvalue weighted by atomic mass is 10.1. The highest BCUT2D eigenvalue weighted by Crippen LogP contribution is 2.30. The Hall–Kier alpha value is -4.30. The molecule has 0 radical (unpaired) electrons. The first-order chi connectivity index (χ1) is 18.3. The van der Waals surface area contributed by atoms with Crippen LogP contribution in [0.2, 0.25) is 0 Å². The van der Waals surface area contributed by atoms with E-state index in [0.29, 0.717) is 5.75 Å². The summed E-state index contributed by atoms with van der Waals surface area (Å²) in [6.45, 7) is 1.92. The number of amides is 1.